The predicted molar refractivity (Wildman–Crippen MR) is 142 cm³/mol. The van der Waals surface area contributed by atoms with E-state index < -0.39 is 0 Å². The first kappa shape index (κ1) is 22.6. The maximum atomic E-state index is 13.2. The lowest BCUT2D eigenvalue weighted by Crippen LogP contribution is -2.31. The van der Waals surface area contributed by atoms with Crippen LogP contribution in [0.1, 0.15) is 42.1 Å². The molecule has 0 saturated carbocycles. The number of hydrogen-bond donors (Lipinski definition) is 1. The SMILES string of the molecule is Cc1nn2c(c1-c1ccc(Cl)cc1)NC1=C(C(=O)CCC1)C2c1ccc(OCc2ccccc2)cc1. The van der Waals surface area contributed by atoms with Crippen molar-refractivity contribution in [1.29, 1.82) is 0 Å². The summed E-state index contributed by atoms with van der Waals surface area (Å²) in [6.45, 7) is 2.52. The van der Waals surface area contributed by atoms with Crippen LogP contribution in [-0.2, 0) is 11.4 Å². The molecule has 36 heavy (non-hydrogen) atoms. The quantitative estimate of drug-likeness (QED) is 0.320. The largest absolute Gasteiger partial charge is 0.489 e. The van der Waals surface area contributed by atoms with Gasteiger partial charge in [0.25, 0.3) is 0 Å². The molecule has 0 saturated heterocycles. The Hall–Kier alpha value is -3.83. The van der Waals surface area contributed by atoms with Crippen LogP contribution in [0.4, 0.5) is 5.82 Å². The number of allylic oxidation sites excluding steroid dienone is 2. The van der Waals surface area contributed by atoms with Gasteiger partial charge in [0.2, 0.25) is 0 Å². The lowest BCUT2D eigenvalue weighted by molar-refractivity contribution is -0.116. The fraction of sp³-hybridized carbons (Fsp3) is 0.200. The van der Waals surface area contributed by atoms with Gasteiger partial charge in [-0.2, -0.15) is 5.10 Å². The van der Waals surface area contributed by atoms with E-state index >= 15 is 0 Å². The number of ketones is 1. The third kappa shape index (κ3) is 4.10. The van der Waals surface area contributed by atoms with Crippen LogP contribution in [0.2, 0.25) is 5.02 Å². The summed E-state index contributed by atoms with van der Waals surface area (Å²) in [5.74, 6) is 1.89. The van der Waals surface area contributed by atoms with Gasteiger partial charge in [-0.3, -0.25) is 4.79 Å². The summed E-state index contributed by atoms with van der Waals surface area (Å²) in [5, 5.41) is 9.21. The van der Waals surface area contributed by atoms with Crippen molar-refractivity contribution >= 4 is 23.2 Å². The number of fused-ring (bicyclic) bond motifs is 1. The molecule has 6 heteroatoms. The van der Waals surface area contributed by atoms with Crippen LogP contribution in [0.15, 0.2) is 90.1 Å². The molecule has 1 aromatic heterocycles. The van der Waals surface area contributed by atoms with Crippen molar-refractivity contribution in [1.82, 2.24) is 9.78 Å². The van der Waals surface area contributed by atoms with Crippen LogP contribution in [0.25, 0.3) is 11.1 Å². The number of carbonyl (C=O) groups is 1. The zero-order valence-corrected chi connectivity index (χ0v) is 20.8. The molecule has 1 unspecified atom stereocenters. The van der Waals surface area contributed by atoms with E-state index in [1.54, 1.807) is 0 Å². The number of nitrogens with one attached hydrogen (secondary N) is 1. The molecule has 2 aliphatic rings. The van der Waals surface area contributed by atoms with E-state index in [-0.39, 0.29) is 11.8 Å². The van der Waals surface area contributed by atoms with Gasteiger partial charge < -0.3 is 10.1 Å². The van der Waals surface area contributed by atoms with Crippen molar-refractivity contribution in [2.24, 2.45) is 0 Å². The van der Waals surface area contributed by atoms with Crippen LogP contribution in [0.3, 0.4) is 0 Å². The van der Waals surface area contributed by atoms with Crippen LogP contribution in [0.5, 0.6) is 5.75 Å². The second kappa shape index (κ2) is 9.32. The molecule has 6 rings (SSSR count). The van der Waals surface area contributed by atoms with Crippen molar-refractivity contribution < 1.29 is 9.53 Å². The third-order valence-electron chi connectivity index (χ3n) is 6.91. The van der Waals surface area contributed by atoms with Gasteiger partial charge in [0.1, 0.15) is 24.2 Å². The van der Waals surface area contributed by atoms with E-state index in [1.807, 2.05) is 90.5 Å². The van der Waals surface area contributed by atoms with Gasteiger partial charge in [0.15, 0.2) is 5.78 Å². The minimum atomic E-state index is -0.285. The maximum absolute atomic E-state index is 13.2. The number of benzene rings is 3. The number of hydrogen-bond acceptors (Lipinski definition) is 4. The molecule has 1 aliphatic carbocycles. The van der Waals surface area contributed by atoms with Crippen LogP contribution in [0, 0.1) is 6.92 Å². The average molecular weight is 496 g/mol. The first-order valence-corrected chi connectivity index (χ1v) is 12.6. The van der Waals surface area contributed by atoms with Crippen molar-refractivity contribution in [3.63, 3.8) is 0 Å². The highest BCUT2D eigenvalue weighted by Gasteiger charge is 2.37. The summed E-state index contributed by atoms with van der Waals surface area (Å²) >= 11 is 6.14. The van der Waals surface area contributed by atoms with E-state index in [0.29, 0.717) is 18.1 Å². The standard InChI is InChI=1S/C30H26ClN3O2/c1-19-27(21-10-14-23(31)15-11-21)30-32-25-8-5-9-26(35)28(25)29(34(30)33-19)22-12-16-24(17-13-22)36-18-20-6-3-2-4-7-20/h2-4,6-7,10-17,29,32H,5,8-9,18H2,1H3. The fourth-order valence-electron chi connectivity index (χ4n) is 5.19. The van der Waals surface area contributed by atoms with E-state index in [2.05, 4.69) is 5.32 Å². The minimum absolute atomic E-state index is 0.185. The Bertz CT molecular complexity index is 1450. The zero-order chi connectivity index (χ0) is 24.6. The topological polar surface area (TPSA) is 56.2 Å². The Morgan fingerprint density at radius 3 is 2.50 bits per heavy atom. The number of rotatable bonds is 5. The molecule has 0 spiro atoms. The Balaban J connectivity index is 1.39. The summed E-state index contributed by atoms with van der Waals surface area (Å²) in [4.78, 5) is 13.2. The number of aromatic nitrogens is 2. The molecular weight excluding hydrogens is 470 g/mol. The summed E-state index contributed by atoms with van der Waals surface area (Å²) in [6.07, 6.45) is 2.27. The Labute approximate surface area is 215 Å². The lowest BCUT2D eigenvalue weighted by atomic mass is 9.85. The molecule has 0 fully saturated rings. The number of aryl methyl sites for hydroxylation is 1. The smallest absolute Gasteiger partial charge is 0.163 e. The van der Waals surface area contributed by atoms with Gasteiger partial charge in [0, 0.05) is 28.3 Å². The Morgan fingerprint density at radius 2 is 1.75 bits per heavy atom. The second-order valence-corrected chi connectivity index (χ2v) is 9.74. The summed E-state index contributed by atoms with van der Waals surface area (Å²) in [5.41, 5.74) is 6.93. The van der Waals surface area contributed by atoms with Gasteiger partial charge in [-0.25, -0.2) is 4.68 Å². The number of ether oxygens (including phenoxy) is 1. The first-order chi connectivity index (χ1) is 17.6. The molecular formula is C30H26ClN3O2. The number of Topliss-reactive ketones (excluding diaryl/α,β-unsaturated/α-hetero) is 1. The van der Waals surface area contributed by atoms with Gasteiger partial charge in [-0.1, -0.05) is 66.2 Å². The van der Waals surface area contributed by atoms with E-state index in [1.165, 1.54) is 0 Å². The van der Waals surface area contributed by atoms with Crippen molar-refractivity contribution in [3.05, 3.63) is 112 Å². The summed E-state index contributed by atoms with van der Waals surface area (Å²) in [7, 11) is 0. The van der Waals surface area contributed by atoms with Gasteiger partial charge in [-0.05, 0) is 60.7 Å². The number of anilines is 1. The summed E-state index contributed by atoms with van der Waals surface area (Å²) in [6, 6.07) is 25.7. The first-order valence-electron chi connectivity index (χ1n) is 12.2. The third-order valence-corrected chi connectivity index (χ3v) is 7.16. The normalized spacial score (nSPS) is 16.8. The lowest BCUT2D eigenvalue weighted by Gasteiger charge is -2.33. The highest BCUT2D eigenvalue weighted by Crippen LogP contribution is 2.45. The number of nitrogens with zero attached hydrogens (tertiary/aromatic N) is 2. The second-order valence-electron chi connectivity index (χ2n) is 9.30. The Kier molecular flexibility index (Phi) is 5.86. The van der Waals surface area contributed by atoms with E-state index in [9.17, 15) is 4.79 Å². The number of carbonyl (C=O) groups excluding carboxylic acids is 1. The predicted octanol–water partition coefficient (Wildman–Crippen LogP) is 7.11. The molecule has 5 nitrogen and oxygen atoms in total. The molecule has 4 aromatic rings. The maximum Gasteiger partial charge on any atom is 0.163 e. The highest BCUT2D eigenvalue weighted by molar-refractivity contribution is 6.30. The fourth-order valence-corrected chi connectivity index (χ4v) is 5.31. The molecule has 1 atom stereocenters. The summed E-state index contributed by atoms with van der Waals surface area (Å²) < 4.78 is 7.97. The van der Waals surface area contributed by atoms with Crippen molar-refractivity contribution in [3.8, 4) is 16.9 Å². The van der Waals surface area contributed by atoms with Crippen molar-refractivity contribution in [2.45, 2.75) is 38.8 Å². The molecule has 2 heterocycles. The molecule has 0 amide bonds. The zero-order valence-electron chi connectivity index (χ0n) is 20.0. The van der Waals surface area contributed by atoms with Crippen LogP contribution < -0.4 is 10.1 Å². The van der Waals surface area contributed by atoms with Gasteiger partial charge in [0.05, 0.1) is 5.69 Å². The van der Waals surface area contributed by atoms with E-state index in [0.717, 1.165) is 63.6 Å². The van der Waals surface area contributed by atoms with Crippen LogP contribution in [-0.4, -0.2) is 15.6 Å². The molecule has 180 valence electrons. The molecule has 0 bridgehead atoms. The Morgan fingerprint density at radius 1 is 1.00 bits per heavy atom. The molecule has 3 aromatic carbocycles. The average Bonchev–Trinajstić information content (AvgIpc) is 3.23. The van der Waals surface area contributed by atoms with Gasteiger partial charge in [-0.15, -0.1) is 0 Å². The minimum Gasteiger partial charge on any atom is -0.489 e. The van der Waals surface area contributed by atoms with E-state index in [4.69, 9.17) is 21.4 Å². The molecule has 1 N–H and O–H groups in total. The highest BCUT2D eigenvalue weighted by atomic mass is 35.5. The van der Waals surface area contributed by atoms with Gasteiger partial charge >= 0.3 is 0 Å². The number of halogens is 1. The monoisotopic (exact) mass is 495 g/mol. The van der Waals surface area contributed by atoms with Crippen molar-refractivity contribution in [2.75, 3.05) is 5.32 Å². The molecule has 1 aliphatic heterocycles. The molecule has 0 radical (unpaired) electrons. The van der Waals surface area contributed by atoms with Crippen LogP contribution >= 0.6 is 11.6 Å².